The third-order valence-corrected chi connectivity index (χ3v) is 1.84. The van der Waals surface area contributed by atoms with Crippen molar-refractivity contribution in [3.8, 4) is 0 Å². The van der Waals surface area contributed by atoms with Crippen molar-refractivity contribution in [1.29, 1.82) is 0 Å². The summed E-state index contributed by atoms with van der Waals surface area (Å²) in [6.45, 7) is 0. The first-order valence-corrected chi connectivity index (χ1v) is 4.57. The number of aliphatic carboxylic acids is 2. The number of halogens is 1. The summed E-state index contributed by atoms with van der Waals surface area (Å²) in [5.74, 6) is -2.70. The molecule has 0 spiro atoms. The molecule has 0 aliphatic heterocycles. The summed E-state index contributed by atoms with van der Waals surface area (Å²) < 4.78 is 0. The van der Waals surface area contributed by atoms with Crippen molar-refractivity contribution < 1.29 is 19.8 Å². The van der Waals surface area contributed by atoms with E-state index in [0.29, 0.717) is 16.8 Å². The molecule has 0 saturated carbocycles. The van der Waals surface area contributed by atoms with E-state index < -0.39 is 17.6 Å². The number of nitrogens with one attached hydrogen (secondary N) is 1. The molecule has 3 N–H and O–H groups in total. The Balaban J connectivity index is 2.93. The molecule has 0 aromatic heterocycles. The molecule has 0 unspecified atom stereocenters. The fourth-order valence-corrected chi connectivity index (χ4v) is 1.19. The predicted molar refractivity (Wildman–Crippen MR) is 58.4 cm³/mol. The lowest BCUT2D eigenvalue weighted by molar-refractivity contribution is -0.134. The molecule has 1 aromatic rings. The number of carboxylic acid groups (broad SMARTS) is 2. The number of anilines is 1. The van der Waals surface area contributed by atoms with Gasteiger partial charge in [-0.1, -0.05) is 17.7 Å². The van der Waals surface area contributed by atoms with Gasteiger partial charge in [0.05, 0.1) is 6.08 Å². The smallest absolute Gasteiger partial charge is 0.352 e. The van der Waals surface area contributed by atoms with Crippen molar-refractivity contribution >= 4 is 29.2 Å². The van der Waals surface area contributed by atoms with Crippen LogP contribution < -0.4 is 5.32 Å². The highest BCUT2D eigenvalue weighted by molar-refractivity contribution is 6.30. The van der Waals surface area contributed by atoms with Crippen LogP contribution in [0.25, 0.3) is 0 Å². The second-order valence-electron chi connectivity index (χ2n) is 2.84. The van der Waals surface area contributed by atoms with Gasteiger partial charge in [-0.15, -0.1) is 0 Å². The maximum Gasteiger partial charge on any atom is 0.352 e. The van der Waals surface area contributed by atoms with E-state index >= 15 is 0 Å². The van der Waals surface area contributed by atoms with Gasteiger partial charge in [-0.25, -0.2) is 9.59 Å². The summed E-state index contributed by atoms with van der Waals surface area (Å²) in [4.78, 5) is 21.1. The summed E-state index contributed by atoms with van der Waals surface area (Å²) in [6, 6.07) is 6.30. The van der Waals surface area contributed by atoms with Crippen LogP contribution in [0.2, 0.25) is 5.02 Å². The fourth-order valence-electron chi connectivity index (χ4n) is 0.997. The number of hydrogen-bond acceptors (Lipinski definition) is 3. The van der Waals surface area contributed by atoms with E-state index in [1.54, 1.807) is 18.2 Å². The summed E-state index contributed by atoms with van der Waals surface area (Å²) in [5.41, 5.74) is -0.0304. The minimum atomic E-state index is -1.36. The van der Waals surface area contributed by atoms with Gasteiger partial charge in [-0.3, -0.25) is 0 Å². The number of rotatable bonds is 4. The summed E-state index contributed by atoms with van der Waals surface area (Å²) >= 11 is 5.69. The first-order chi connectivity index (χ1) is 7.49. The number of carboxylic acids is 2. The summed E-state index contributed by atoms with van der Waals surface area (Å²) in [7, 11) is 0. The van der Waals surface area contributed by atoms with E-state index in [2.05, 4.69) is 5.32 Å². The van der Waals surface area contributed by atoms with E-state index in [4.69, 9.17) is 21.8 Å². The Morgan fingerprint density at radius 1 is 1.31 bits per heavy atom. The Hall–Kier alpha value is -2.01. The third kappa shape index (κ3) is 3.62. The molecule has 0 amide bonds. The van der Waals surface area contributed by atoms with E-state index in [1.807, 2.05) is 0 Å². The number of benzene rings is 1. The summed E-state index contributed by atoms with van der Waals surface area (Å²) in [5, 5.41) is 20.1. The van der Waals surface area contributed by atoms with Gasteiger partial charge < -0.3 is 15.5 Å². The SMILES string of the molecule is O=C(O)C=C(Nc1cccc(Cl)c1)C(=O)O. The van der Waals surface area contributed by atoms with Crippen LogP contribution in [0.5, 0.6) is 0 Å². The monoisotopic (exact) mass is 241 g/mol. The molecule has 0 heterocycles. The maximum atomic E-state index is 10.7. The van der Waals surface area contributed by atoms with Crippen molar-refractivity contribution in [3.63, 3.8) is 0 Å². The van der Waals surface area contributed by atoms with Gasteiger partial charge in [0.1, 0.15) is 5.70 Å². The molecule has 16 heavy (non-hydrogen) atoms. The quantitative estimate of drug-likeness (QED) is 0.700. The standard InChI is InChI=1S/C10H8ClNO4/c11-6-2-1-3-7(4-6)12-8(10(15)16)5-9(13)14/h1-5,12H,(H,13,14)(H,15,16). The zero-order valence-corrected chi connectivity index (χ0v) is 8.73. The van der Waals surface area contributed by atoms with Crippen LogP contribution in [0.15, 0.2) is 36.0 Å². The third-order valence-electron chi connectivity index (χ3n) is 1.60. The molecule has 1 aromatic carbocycles. The average Bonchev–Trinajstić information content (AvgIpc) is 2.15. The van der Waals surface area contributed by atoms with Gasteiger partial charge in [0.25, 0.3) is 0 Å². The van der Waals surface area contributed by atoms with Crippen LogP contribution in [-0.4, -0.2) is 22.2 Å². The largest absolute Gasteiger partial charge is 0.478 e. The minimum absolute atomic E-state index is 0.405. The molecular weight excluding hydrogens is 234 g/mol. The number of hydrogen-bond donors (Lipinski definition) is 3. The van der Waals surface area contributed by atoms with Crippen molar-refractivity contribution in [2.75, 3.05) is 5.32 Å². The van der Waals surface area contributed by atoms with Crippen molar-refractivity contribution in [3.05, 3.63) is 41.1 Å². The lowest BCUT2D eigenvalue weighted by atomic mass is 10.3. The molecule has 0 atom stereocenters. The zero-order valence-electron chi connectivity index (χ0n) is 7.98. The second-order valence-corrected chi connectivity index (χ2v) is 3.27. The van der Waals surface area contributed by atoms with Crippen LogP contribution in [0, 0.1) is 0 Å². The molecule has 0 radical (unpaired) electrons. The minimum Gasteiger partial charge on any atom is -0.478 e. The molecule has 6 heteroatoms. The topological polar surface area (TPSA) is 86.6 Å². The first-order valence-electron chi connectivity index (χ1n) is 4.19. The zero-order chi connectivity index (χ0) is 12.1. The van der Waals surface area contributed by atoms with Crippen LogP contribution in [0.4, 0.5) is 5.69 Å². The van der Waals surface area contributed by atoms with E-state index in [-0.39, 0.29) is 0 Å². The Kier molecular flexibility index (Phi) is 3.90. The molecule has 0 aliphatic carbocycles. The molecule has 0 saturated heterocycles. The lowest BCUT2D eigenvalue weighted by Crippen LogP contribution is -2.12. The van der Waals surface area contributed by atoms with Crippen molar-refractivity contribution in [1.82, 2.24) is 0 Å². The molecule has 0 aliphatic rings. The fraction of sp³-hybridized carbons (Fsp3) is 0. The van der Waals surface area contributed by atoms with Gasteiger partial charge in [0.2, 0.25) is 0 Å². The highest BCUT2D eigenvalue weighted by atomic mass is 35.5. The Labute approximate surface area is 96.0 Å². The van der Waals surface area contributed by atoms with Gasteiger partial charge >= 0.3 is 11.9 Å². The molecule has 5 nitrogen and oxygen atoms in total. The van der Waals surface area contributed by atoms with Gasteiger partial charge in [0, 0.05) is 10.7 Å². The Bertz CT molecular complexity index is 456. The van der Waals surface area contributed by atoms with Crippen LogP contribution in [0.3, 0.4) is 0 Å². The maximum absolute atomic E-state index is 10.7. The molecule has 1 rings (SSSR count). The van der Waals surface area contributed by atoms with Crippen LogP contribution >= 0.6 is 11.6 Å². The van der Waals surface area contributed by atoms with Crippen LogP contribution in [-0.2, 0) is 9.59 Å². The van der Waals surface area contributed by atoms with Crippen LogP contribution in [0.1, 0.15) is 0 Å². The van der Waals surface area contributed by atoms with E-state index in [1.165, 1.54) is 6.07 Å². The highest BCUT2D eigenvalue weighted by Gasteiger charge is 2.09. The van der Waals surface area contributed by atoms with E-state index in [9.17, 15) is 9.59 Å². The number of carbonyl (C=O) groups is 2. The molecule has 0 fully saturated rings. The molecular formula is C10H8ClNO4. The van der Waals surface area contributed by atoms with Gasteiger partial charge in [-0.05, 0) is 18.2 Å². The van der Waals surface area contributed by atoms with Gasteiger partial charge in [0.15, 0.2) is 0 Å². The summed E-state index contributed by atoms with van der Waals surface area (Å²) in [6.07, 6.45) is 0.573. The predicted octanol–water partition coefficient (Wildman–Crippen LogP) is 1.80. The van der Waals surface area contributed by atoms with Crippen molar-refractivity contribution in [2.45, 2.75) is 0 Å². The second kappa shape index (κ2) is 5.18. The van der Waals surface area contributed by atoms with Crippen molar-refractivity contribution in [2.24, 2.45) is 0 Å². The highest BCUT2D eigenvalue weighted by Crippen LogP contribution is 2.16. The normalized spacial score (nSPS) is 10.9. The Morgan fingerprint density at radius 3 is 2.50 bits per heavy atom. The van der Waals surface area contributed by atoms with Gasteiger partial charge in [-0.2, -0.15) is 0 Å². The molecule has 0 bridgehead atoms. The Morgan fingerprint density at radius 2 is 2.00 bits per heavy atom. The van der Waals surface area contributed by atoms with E-state index in [0.717, 1.165) is 0 Å². The first kappa shape index (κ1) is 12.1. The lowest BCUT2D eigenvalue weighted by Gasteiger charge is -2.06. The molecule has 84 valence electrons. The average molecular weight is 242 g/mol.